The van der Waals surface area contributed by atoms with Gasteiger partial charge in [-0.1, -0.05) is 0 Å². The Hall–Kier alpha value is -2.04. The van der Waals surface area contributed by atoms with Gasteiger partial charge in [0, 0.05) is 6.20 Å². The third-order valence-corrected chi connectivity index (χ3v) is 2.20. The zero-order valence-electron chi connectivity index (χ0n) is 7.21. The number of hydrogen-bond acceptors (Lipinski definition) is 4. The van der Waals surface area contributed by atoms with Crippen LogP contribution in [0.1, 0.15) is 0 Å². The fraction of sp³-hybridized carbons (Fsp3) is 0.111. The zero-order valence-corrected chi connectivity index (χ0v) is 7.21. The smallest absolute Gasteiger partial charge is 0.267 e. The average Bonchev–Trinajstić information content (AvgIpc) is 2.59. The Balaban J connectivity index is 2.19. The highest BCUT2D eigenvalue weighted by Crippen LogP contribution is 2.31. The third-order valence-electron chi connectivity index (χ3n) is 2.20. The quantitative estimate of drug-likeness (QED) is 0.594. The number of aliphatic imine (C=N–C) groups is 2. The van der Waals surface area contributed by atoms with Gasteiger partial charge in [0.25, 0.3) is 5.91 Å². The molecule has 0 aliphatic carbocycles. The molecule has 0 atom stereocenters. The Labute approximate surface area is 79.8 Å². The van der Waals surface area contributed by atoms with E-state index in [-0.39, 0.29) is 5.91 Å². The SMILES string of the molecule is O=C1CN2C(=N1)C=Nc1cnccc12. The van der Waals surface area contributed by atoms with E-state index in [1.165, 1.54) is 0 Å². The van der Waals surface area contributed by atoms with E-state index in [1.807, 2.05) is 11.0 Å². The highest BCUT2D eigenvalue weighted by Gasteiger charge is 2.27. The molecule has 3 rings (SSSR count). The minimum absolute atomic E-state index is 0.129. The normalized spacial score (nSPS) is 17.9. The van der Waals surface area contributed by atoms with Gasteiger partial charge in [0.05, 0.1) is 18.1 Å². The van der Waals surface area contributed by atoms with E-state index in [1.54, 1.807) is 18.6 Å². The molecule has 0 saturated heterocycles. The molecule has 0 saturated carbocycles. The number of rotatable bonds is 0. The number of fused-ring (bicyclic) bond motifs is 3. The van der Waals surface area contributed by atoms with Gasteiger partial charge in [-0.15, -0.1) is 0 Å². The molecule has 3 heterocycles. The van der Waals surface area contributed by atoms with Gasteiger partial charge in [-0.05, 0) is 6.07 Å². The van der Waals surface area contributed by atoms with E-state index in [0.717, 1.165) is 11.4 Å². The molecule has 0 radical (unpaired) electrons. The summed E-state index contributed by atoms with van der Waals surface area (Å²) in [7, 11) is 0. The molecule has 68 valence electrons. The second kappa shape index (κ2) is 2.47. The van der Waals surface area contributed by atoms with E-state index in [0.29, 0.717) is 12.4 Å². The van der Waals surface area contributed by atoms with Crippen LogP contribution in [0.25, 0.3) is 0 Å². The van der Waals surface area contributed by atoms with E-state index >= 15 is 0 Å². The minimum Gasteiger partial charge on any atom is -0.313 e. The van der Waals surface area contributed by atoms with Crippen molar-refractivity contribution >= 4 is 29.3 Å². The largest absolute Gasteiger partial charge is 0.313 e. The maximum absolute atomic E-state index is 11.1. The van der Waals surface area contributed by atoms with E-state index < -0.39 is 0 Å². The van der Waals surface area contributed by atoms with Crippen LogP contribution in [0.2, 0.25) is 0 Å². The van der Waals surface area contributed by atoms with Crippen LogP contribution >= 0.6 is 0 Å². The van der Waals surface area contributed by atoms with Crippen LogP contribution in [0, 0.1) is 0 Å². The lowest BCUT2D eigenvalue weighted by molar-refractivity contribution is -0.115. The number of nitrogens with zero attached hydrogens (tertiary/aromatic N) is 4. The van der Waals surface area contributed by atoms with Gasteiger partial charge in [0.1, 0.15) is 12.2 Å². The number of carbonyl (C=O) groups excluding carboxylic acids is 1. The first kappa shape index (κ1) is 7.37. The Bertz CT molecular complexity index is 477. The maximum Gasteiger partial charge on any atom is 0.267 e. The number of aromatic nitrogens is 1. The van der Waals surface area contributed by atoms with Crippen molar-refractivity contribution in [1.82, 2.24) is 4.98 Å². The molecule has 14 heavy (non-hydrogen) atoms. The summed E-state index contributed by atoms with van der Waals surface area (Å²) < 4.78 is 0. The molecule has 1 amide bonds. The molecule has 0 N–H and O–H groups in total. The van der Waals surface area contributed by atoms with Crippen molar-refractivity contribution in [3.63, 3.8) is 0 Å². The summed E-state index contributed by atoms with van der Waals surface area (Å²) in [6.45, 7) is 0.304. The molecule has 0 unspecified atom stereocenters. The number of amides is 1. The van der Waals surface area contributed by atoms with Crippen LogP contribution in [-0.4, -0.2) is 29.5 Å². The molecule has 0 aromatic carbocycles. The van der Waals surface area contributed by atoms with Crippen LogP contribution in [0.4, 0.5) is 11.4 Å². The minimum atomic E-state index is -0.129. The van der Waals surface area contributed by atoms with Crippen LogP contribution in [0.3, 0.4) is 0 Å². The van der Waals surface area contributed by atoms with Crippen molar-refractivity contribution in [1.29, 1.82) is 0 Å². The Morgan fingerprint density at radius 3 is 3.29 bits per heavy atom. The molecule has 0 spiro atoms. The molecule has 2 aliphatic heterocycles. The molecule has 0 fully saturated rings. The Morgan fingerprint density at radius 2 is 2.36 bits per heavy atom. The first-order chi connectivity index (χ1) is 6.84. The summed E-state index contributed by atoms with van der Waals surface area (Å²) in [5.41, 5.74) is 1.67. The van der Waals surface area contributed by atoms with Gasteiger partial charge in [-0.3, -0.25) is 9.78 Å². The summed E-state index contributed by atoms with van der Waals surface area (Å²) in [5, 5.41) is 0. The molecule has 1 aromatic heterocycles. The number of carbonyl (C=O) groups is 1. The fourth-order valence-electron chi connectivity index (χ4n) is 1.58. The van der Waals surface area contributed by atoms with Crippen molar-refractivity contribution in [3.05, 3.63) is 18.5 Å². The number of hydrogen-bond donors (Lipinski definition) is 0. The van der Waals surface area contributed by atoms with Crippen LogP contribution in [-0.2, 0) is 4.79 Å². The summed E-state index contributed by atoms with van der Waals surface area (Å²) in [6, 6.07) is 1.83. The summed E-state index contributed by atoms with van der Waals surface area (Å²) in [6.07, 6.45) is 4.94. The van der Waals surface area contributed by atoms with E-state index in [4.69, 9.17) is 0 Å². The summed E-state index contributed by atoms with van der Waals surface area (Å²) >= 11 is 0. The van der Waals surface area contributed by atoms with Crippen LogP contribution in [0.15, 0.2) is 28.4 Å². The standard InChI is InChI=1S/C9H6N4O/c14-9-5-13-7-1-2-10-3-6(7)11-4-8(13)12-9/h1-4H,5H2. The molecule has 5 nitrogen and oxygen atoms in total. The first-order valence-electron chi connectivity index (χ1n) is 4.22. The Kier molecular flexibility index (Phi) is 1.30. The van der Waals surface area contributed by atoms with E-state index in [9.17, 15) is 4.79 Å². The van der Waals surface area contributed by atoms with E-state index in [2.05, 4.69) is 15.0 Å². The molecular formula is C9H6N4O. The van der Waals surface area contributed by atoms with Gasteiger partial charge in [-0.25, -0.2) is 4.99 Å². The van der Waals surface area contributed by atoms with Crippen LogP contribution < -0.4 is 4.90 Å². The molecular weight excluding hydrogens is 180 g/mol. The van der Waals surface area contributed by atoms with Crippen molar-refractivity contribution in [2.24, 2.45) is 9.98 Å². The second-order valence-electron chi connectivity index (χ2n) is 3.07. The van der Waals surface area contributed by atoms with Gasteiger partial charge in [0.2, 0.25) is 0 Å². The molecule has 5 heteroatoms. The number of anilines is 1. The lowest BCUT2D eigenvalue weighted by atomic mass is 10.2. The fourth-order valence-corrected chi connectivity index (χ4v) is 1.58. The monoisotopic (exact) mass is 186 g/mol. The molecule has 1 aromatic rings. The van der Waals surface area contributed by atoms with Crippen molar-refractivity contribution in [2.45, 2.75) is 0 Å². The summed E-state index contributed by atoms with van der Waals surface area (Å²) in [4.78, 5) is 24.9. The van der Waals surface area contributed by atoms with Crippen LogP contribution in [0.5, 0.6) is 0 Å². The topological polar surface area (TPSA) is 57.9 Å². The van der Waals surface area contributed by atoms with Gasteiger partial charge < -0.3 is 4.90 Å². The third kappa shape index (κ3) is 0.891. The lowest BCUT2D eigenvalue weighted by Crippen LogP contribution is -2.30. The number of pyridine rings is 1. The van der Waals surface area contributed by atoms with Gasteiger partial charge >= 0.3 is 0 Å². The highest BCUT2D eigenvalue weighted by molar-refractivity contribution is 6.42. The predicted molar refractivity (Wildman–Crippen MR) is 52.2 cm³/mol. The number of amidine groups is 1. The lowest BCUT2D eigenvalue weighted by Gasteiger charge is -2.21. The van der Waals surface area contributed by atoms with Crippen molar-refractivity contribution in [3.8, 4) is 0 Å². The van der Waals surface area contributed by atoms with Gasteiger partial charge in [-0.2, -0.15) is 4.99 Å². The highest BCUT2D eigenvalue weighted by atomic mass is 16.2. The maximum atomic E-state index is 11.1. The zero-order chi connectivity index (χ0) is 9.54. The van der Waals surface area contributed by atoms with Gasteiger partial charge in [0.15, 0.2) is 5.84 Å². The van der Waals surface area contributed by atoms with Crippen molar-refractivity contribution < 1.29 is 4.79 Å². The second-order valence-corrected chi connectivity index (χ2v) is 3.07. The first-order valence-corrected chi connectivity index (χ1v) is 4.22. The summed E-state index contributed by atoms with van der Waals surface area (Å²) in [5.74, 6) is 0.491. The predicted octanol–water partition coefficient (Wildman–Crippen LogP) is 0.543. The molecule has 2 aliphatic rings. The molecule has 0 bridgehead atoms. The average molecular weight is 186 g/mol. The van der Waals surface area contributed by atoms with Crippen molar-refractivity contribution in [2.75, 3.05) is 11.4 Å². The Morgan fingerprint density at radius 1 is 1.43 bits per heavy atom.